The zero-order valence-corrected chi connectivity index (χ0v) is 10.7. The molecule has 0 saturated heterocycles. The molecule has 1 aromatic rings. The van der Waals surface area contributed by atoms with Crippen LogP contribution in [-0.4, -0.2) is 18.1 Å². The van der Waals surface area contributed by atoms with Gasteiger partial charge in [-0.1, -0.05) is 25.7 Å². The molecule has 0 atom stereocenters. The van der Waals surface area contributed by atoms with Gasteiger partial charge in [0.25, 0.3) is 0 Å². The fraction of sp³-hybridized carbons (Fsp3) is 0.643. The van der Waals surface area contributed by atoms with Crippen molar-refractivity contribution in [2.75, 3.05) is 11.9 Å². The van der Waals surface area contributed by atoms with E-state index < -0.39 is 0 Å². The van der Waals surface area contributed by atoms with E-state index in [9.17, 15) is 0 Å². The van der Waals surface area contributed by atoms with E-state index in [2.05, 4.69) is 23.0 Å². The van der Waals surface area contributed by atoms with Gasteiger partial charge in [-0.15, -0.1) is 0 Å². The minimum Gasteiger partial charge on any atom is -0.370 e. The average molecular weight is 233 g/mol. The van der Waals surface area contributed by atoms with E-state index in [4.69, 9.17) is 5.73 Å². The molecular formula is C14H23N3. The first kappa shape index (κ1) is 12.4. The Labute approximate surface area is 104 Å². The van der Waals surface area contributed by atoms with Crippen LogP contribution in [0.2, 0.25) is 0 Å². The van der Waals surface area contributed by atoms with Crippen LogP contribution >= 0.6 is 0 Å². The highest BCUT2D eigenvalue weighted by Gasteiger charge is 2.19. The predicted octanol–water partition coefficient (Wildman–Crippen LogP) is 2.70. The highest BCUT2D eigenvalue weighted by atomic mass is 15.1. The summed E-state index contributed by atoms with van der Waals surface area (Å²) in [6.07, 6.45) is 9.92. The van der Waals surface area contributed by atoms with Gasteiger partial charge in [-0.2, -0.15) is 0 Å². The Morgan fingerprint density at radius 2 is 2.00 bits per heavy atom. The van der Waals surface area contributed by atoms with E-state index in [-0.39, 0.29) is 0 Å². The number of pyridine rings is 1. The maximum absolute atomic E-state index is 5.76. The van der Waals surface area contributed by atoms with Gasteiger partial charge in [-0.25, -0.2) is 0 Å². The van der Waals surface area contributed by atoms with Crippen LogP contribution in [0.1, 0.15) is 44.2 Å². The summed E-state index contributed by atoms with van der Waals surface area (Å²) in [5.74, 6) is 0. The molecule has 1 aliphatic carbocycles. The van der Waals surface area contributed by atoms with Crippen molar-refractivity contribution < 1.29 is 0 Å². The van der Waals surface area contributed by atoms with Crippen molar-refractivity contribution in [3.05, 3.63) is 24.0 Å². The smallest absolute Gasteiger partial charge is 0.0772 e. The summed E-state index contributed by atoms with van der Waals surface area (Å²) in [5, 5.41) is 0. The van der Waals surface area contributed by atoms with Gasteiger partial charge in [0.2, 0.25) is 0 Å². The second-order valence-corrected chi connectivity index (χ2v) is 4.93. The van der Waals surface area contributed by atoms with Crippen LogP contribution in [0.5, 0.6) is 0 Å². The van der Waals surface area contributed by atoms with E-state index in [1.165, 1.54) is 44.2 Å². The molecule has 0 aliphatic heterocycles. The van der Waals surface area contributed by atoms with Crippen LogP contribution in [0.3, 0.4) is 0 Å². The van der Waals surface area contributed by atoms with E-state index >= 15 is 0 Å². The second-order valence-electron chi connectivity index (χ2n) is 4.93. The van der Waals surface area contributed by atoms with Gasteiger partial charge in [0.05, 0.1) is 11.4 Å². The Morgan fingerprint density at radius 1 is 1.29 bits per heavy atom. The van der Waals surface area contributed by atoms with Gasteiger partial charge in [-0.05, 0) is 25.0 Å². The van der Waals surface area contributed by atoms with Gasteiger partial charge in [0, 0.05) is 25.8 Å². The van der Waals surface area contributed by atoms with Gasteiger partial charge >= 0.3 is 0 Å². The molecule has 3 heteroatoms. The van der Waals surface area contributed by atoms with E-state index in [0.29, 0.717) is 12.6 Å². The van der Waals surface area contributed by atoms with E-state index in [0.717, 1.165) is 5.69 Å². The van der Waals surface area contributed by atoms with Crippen LogP contribution in [-0.2, 0) is 6.54 Å². The third kappa shape index (κ3) is 2.97. The topological polar surface area (TPSA) is 42.2 Å². The molecule has 1 heterocycles. The summed E-state index contributed by atoms with van der Waals surface area (Å²) >= 11 is 0. The number of nitrogens with zero attached hydrogens (tertiary/aromatic N) is 2. The lowest BCUT2D eigenvalue weighted by molar-refractivity contribution is 0.551. The summed E-state index contributed by atoms with van der Waals surface area (Å²) in [6.45, 7) is 0.521. The van der Waals surface area contributed by atoms with Crippen molar-refractivity contribution in [3.8, 4) is 0 Å². The maximum atomic E-state index is 5.76. The molecule has 1 fully saturated rings. The Hall–Kier alpha value is -1.09. The molecule has 0 bridgehead atoms. The molecule has 2 rings (SSSR count). The lowest BCUT2D eigenvalue weighted by atomic mass is 10.1. The van der Waals surface area contributed by atoms with Gasteiger partial charge in [-0.3, -0.25) is 4.98 Å². The Bertz CT molecular complexity index is 343. The molecule has 94 valence electrons. The van der Waals surface area contributed by atoms with Crippen molar-refractivity contribution in [1.82, 2.24) is 4.98 Å². The summed E-state index contributed by atoms with van der Waals surface area (Å²) in [4.78, 5) is 6.76. The van der Waals surface area contributed by atoms with Crippen LogP contribution < -0.4 is 10.6 Å². The Balaban J connectivity index is 2.14. The number of hydrogen-bond donors (Lipinski definition) is 1. The van der Waals surface area contributed by atoms with Gasteiger partial charge < -0.3 is 10.6 Å². The minimum absolute atomic E-state index is 0.521. The third-order valence-electron chi connectivity index (χ3n) is 3.81. The average Bonchev–Trinajstić information content (AvgIpc) is 2.66. The van der Waals surface area contributed by atoms with Crippen LogP contribution in [0.15, 0.2) is 18.3 Å². The molecule has 1 saturated carbocycles. The molecule has 2 N–H and O–H groups in total. The van der Waals surface area contributed by atoms with Crippen molar-refractivity contribution in [3.63, 3.8) is 0 Å². The highest BCUT2D eigenvalue weighted by Crippen LogP contribution is 2.26. The van der Waals surface area contributed by atoms with Crippen molar-refractivity contribution in [1.29, 1.82) is 0 Å². The highest BCUT2D eigenvalue weighted by molar-refractivity contribution is 5.50. The van der Waals surface area contributed by atoms with Gasteiger partial charge in [0.15, 0.2) is 0 Å². The zero-order valence-electron chi connectivity index (χ0n) is 10.7. The monoisotopic (exact) mass is 233 g/mol. The van der Waals surface area contributed by atoms with E-state index in [1.807, 2.05) is 12.3 Å². The lowest BCUT2D eigenvalue weighted by Crippen LogP contribution is -2.32. The van der Waals surface area contributed by atoms with Crippen molar-refractivity contribution in [2.45, 2.75) is 51.1 Å². The molecule has 0 aromatic carbocycles. The first-order valence-corrected chi connectivity index (χ1v) is 6.69. The maximum Gasteiger partial charge on any atom is 0.0772 e. The van der Waals surface area contributed by atoms with Crippen LogP contribution in [0.25, 0.3) is 0 Å². The van der Waals surface area contributed by atoms with Crippen molar-refractivity contribution in [2.24, 2.45) is 5.73 Å². The quantitative estimate of drug-likeness (QED) is 0.816. The number of anilines is 1. The standard InChI is InChI=1S/C14H23N3/c1-17(12-7-4-2-3-5-8-12)14-9-6-10-16-13(14)11-15/h6,9-10,12H,2-5,7-8,11,15H2,1H3. The molecule has 3 nitrogen and oxygen atoms in total. The number of aromatic nitrogens is 1. The first-order valence-electron chi connectivity index (χ1n) is 6.69. The summed E-state index contributed by atoms with van der Waals surface area (Å²) in [6, 6.07) is 4.80. The fourth-order valence-corrected chi connectivity index (χ4v) is 2.75. The number of rotatable bonds is 3. The normalized spacial score (nSPS) is 17.8. The third-order valence-corrected chi connectivity index (χ3v) is 3.81. The molecule has 0 amide bonds. The Kier molecular flexibility index (Phi) is 4.37. The van der Waals surface area contributed by atoms with E-state index in [1.54, 1.807) is 0 Å². The summed E-state index contributed by atoms with van der Waals surface area (Å²) < 4.78 is 0. The van der Waals surface area contributed by atoms with Crippen LogP contribution in [0.4, 0.5) is 5.69 Å². The van der Waals surface area contributed by atoms with Crippen LogP contribution in [0, 0.1) is 0 Å². The molecular weight excluding hydrogens is 210 g/mol. The predicted molar refractivity (Wildman–Crippen MR) is 72.0 cm³/mol. The number of hydrogen-bond acceptors (Lipinski definition) is 3. The number of nitrogens with two attached hydrogens (primary N) is 1. The molecule has 0 spiro atoms. The molecule has 0 unspecified atom stereocenters. The molecule has 1 aliphatic rings. The summed E-state index contributed by atoms with van der Waals surface area (Å²) in [5.41, 5.74) is 7.98. The fourth-order valence-electron chi connectivity index (χ4n) is 2.75. The molecule has 1 aromatic heterocycles. The lowest BCUT2D eigenvalue weighted by Gasteiger charge is -2.30. The Morgan fingerprint density at radius 3 is 2.65 bits per heavy atom. The SMILES string of the molecule is CN(c1cccnc1CN)C1CCCCCC1. The largest absolute Gasteiger partial charge is 0.370 e. The van der Waals surface area contributed by atoms with Crippen molar-refractivity contribution >= 4 is 5.69 Å². The van der Waals surface area contributed by atoms with Gasteiger partial charge in [0.1, 0.15) is 0 Å². The molecule has 17 heavy (non-hydrogen) atoms. The second kappa shape index (κ2) is 6.01. The molecule has 0 radical (unpaired) electrons. The summed E-state index contributed by atoms with van der Waals surface area (Å²) in [7, 11) is 2.19. The zero-order chi connectivity index (χ0) is 12.1. The minimum atomic E-state index is 0.521. The first-order chi connectivity index (χ1) is 8.33.